The number of carbonyl (C=O) groups excluding carboxylic acids is 1. The molecule has 0 radical (unpaired) electrons. The Morgan fingerprint density at radius 1 is 1.09 bits per heavy atom. The average Bonchev–Trinajstić information content (AvgIpc) is 3.46. The molecule has 5 heterocycles. The van der Waals surface area contributed by atoms with Gasteiger partial charge in [-0.1, -0.05) is 11.6 Å². The van der Waals surface area contributed by atoms with Crippen LogP contribution in [0, 0.1) is 20.8 Å². The van der Waals surface area contributed by atoms with E-state index in [1.165, 1.54) is 12.0 Å². The van der Waals surface area contributed by atoms with Gasteiger partial charge in [0.1, 0.15) is 6.10 Å². The monoisotopic (exact) mass is 622 g/mol. The lowest BCUT2D eigenvalue weighted by atomic mass is 9.97. The summed E-state index contributed by atoms with van der Waals surface area (Å²) in [6, 6.07) is 5.01. The van der Waals surface area contributed by atoms with Gasteiger partial charge in [0.2, 0.25) is 11.8 Å². The van der Waals surface area contributed by atoms with Crippen LogP contribution < -0.4 is 9.64 Å². The molecule has 0 saturated carbocycles. The smallest absolute Gasteiger partial charge is 0.416 e. The summed E-state index contributed by atoms with van der Waals surface area (Å²) in [7, 11) is 1.51. The van der Waals surface area contributed by atoms with Crippen LogP contribution >= 0.6 is 0 Å². The van der Waals surface area contributed by atoms with Crippen molar-refractivity contribution in [2.75, 3.05) is 25.1 Å². The first-order valence-corrected chi connectivity index (χ1v) is 14.5. The van der Waals surface area contributed by atoms with Gasteiger partial charge >= 0.3 is 12.3 Å². The number of aryl methyl sites for hydroxylation is 3. The molecule has 6 rings (SSSR count). The molecule has 0 spiro atoms. The maximum absolute atomic E-state index is 13.6. The minimum Gasteiger partial charge on any atom is -0.481 e. The van der Waals surface area contributed by atoms with Gasteiger partial charge in [0.25, 0.3) is 0 Å². The van der Waals surface area contributed by atoms with Gasteiger partial charge < -0.3 is 24.5 Å². The van der Waals surface area contributed by atoms with Crippen LogP contribution in [0.25, 0.3) is 22.3 Å². The number of nitrogens with one attached hydrogen (secondary N) is 1. The molecule has 2 aliphatic heterocycles. The average molecular weight is 623 g/mol. The summed E-state index contributed by atoms with van der Waals surface area (Å²) in [5, 5.41) is 9.88. The van der Waals surface area contributed by atoms with Crippen LogP contribution in [-0.4, -0.2) is 68.4 Å². The zero-order valence-corrected chi connectivity index (χ0v) is 25.4. The predicted octanol–water partition coefficient (Wildman–Crippen LogP) is 5.75. The zero-order valence-electron chi connectivity index (χ0n) is 25.4. The Morgan fingerprint density at radius 3 is 2.49 bits per heavy atom. The van der Waals surface area contributed by atoms with Crippen LogP contribution in [0.15, 0.2) is 42.9 Å². The highest BCUT2D eigenvalue weighted by Gasteiger charge is 2.42. The van der Waals surface area contributed by atoms with Crippen molar-refractivity contribution >= 4 is 12.0 Å². The number of pyridine rings is 1. The lowest BCUT2D eigenvalue weighted by Gasteiger charge is -2.36. The maximum atomic E-state index is 13.6. The number of rotatable bonds is 7. The summed E-state index contributed by atoms with van der Waals surface area (Å²) in [5.41, 5.74) is 5.36. The number of β-amino-alcohol motifs (C(OH)–C–C–N with tert-alkyl or cyclic N) is 1. The van der Waals surface area contributed by atoms with Gasteiger partial charge in [0.05, 0.1) is 37.1 Å². The molecule has 4 aromatic rings. The zero-order chi connectivity index (χ0) is 32.2. The van der Waals surface area contributed by atoms with Crippen molar-refractivity contribution in [3.8, 4) is 28.1 Å². The van der Waals surface area contributed by atoms with Crippen LogP contribution in [0.5, 0.6) is 5.88 Å². The van der Waals surface area contributed by atoms with E-state index >= 15 is 0 Å². The Balaban J connectivity index is 1.40. The SMILES string of the molecule is COc1ncc(-c2c(C)c[nH]c2C)cc1-c1cnc(N2CC(O)C2)nc1CN1C(=O)O[C@H](c2cc(C)cc(C(F)(F)F)c2)[C@@H]1C. The Morgan fingerprint density at radius 2 is 1.84 bits per heavy atom. The van der Waals surface area contributed by atoms with Crippen molar-refractivity contribution in [1.29, 1.82) is 0 Å². The molecule has 0 bridgehead atoms. The summed E-state index contributed by atoms with van der Waals surface area (Å²) in [6.07, 6.45) is -1.34. The topological polar surface area (TPSA) is 117 Å². The Kier molecular flexibility index (Phi) is 7.67. The normalized spacial score (nSPS) is 18.7. The fourth-order valence-corrected chi connectivity index (χ4v) is 6.03. The first-order valence-electron chi connectivity index (χ1n) is 14.5. The van der Waals surface area contributed by atoms with Crippen LogP contribution in [0.1, 0.15) is 46.7 Å². The van der Waals surface area contributed by atoms with E-state index in [2.05, 4.69) is 15.0 Å². The number of alkyl halides is 3. The Bertz CT molecular complexity index is 1750. The molecule has 2 atom stereocenters. The van der Waals surface area contributed by atoms with Crippen LogP contribution in [0.3, 0.4) is 0 Å². The molecule has 1 amide bonds. The van der Waals surface area contributed by atoms with Crippen molar-refractivity contribution in [2.24, 2.45) is 0 Å². The number of hydrogen-bond acceptors (Lipinski definition) is 8. The maximum Gasteiger partial charge on any atom is 0.416 e. The quantitative estimate of drug-likeness (QED) is 0.268. The third kappa shape index (κ3) is 5.68. The van der Waals surface area contributed by atoms with Gasteiger partial charge in [0.15, 0.2) is 0 Å². The number of aliphatic hydroxyl groups is 1. The molecule has 0 unspecified atom stereocenters. The second kappa shape index (κ2) is 11.4. The third-order valence-electron chi connectivity index (χ3n) is 8.37. The number of cyclic esters (lactones) is 1. The Hall–Kier alpha value is -4.65. The lowest BCUT2D eigenvalue weighted by Crippen LogP contribution is -2.51. The van der Waals surface area contributed by atoms with E-state index in [-0.39, 0.29) is 12.1 Å². The fraction of sp³-hybridized carbons (Fsp3) is 0.375. The number of ether oxygens (including phenoxy) is 2. The van der Waals surface area contributed by atoms with Gasteiger partial charge in [-0.05, 0) is 57.0 Å². The molecule has 10 nitrogen and oxygen atoms in total. The number of benzene rings is 1. The van der Waals surface area contributed by atoms with Crippen molar-refractivity contribution in [3.05, 3.63) is 76.5 Å². The summed E-state index contributed by atoms with van der Waals surface area (Å²) in [5.74, 6) is 0.709. The van der Waals surface area contributed by atoms with Gasteiger partial charge in [-0.15, -0.1) is 0 Å². The van der Waals surface area contributed by atoms with Crippen LogP contribution in [-0.2, 0) is 17.5 Å². The molecule has 3 aromatic heterocycles. The van der Waals surface area contributed by atoms with E-state index < -0.39 is 36.1 Å². The first kappa shape index (κ1) is 30.4. The Labute approximate surface area is 257 Å². The summed E-state index contributed by atoms with van der Waals surface area (Å²) in [4.78, 5) is 33.7. The molecule has 2 fully saturated rings. The number of H-pyrrole nitrogens is 1. The molecule has 2 N–H and O–H groups in total. The molecule has 1 aromatic carbocycles. The van der Waals surface area contributed by atoms with E-state index in [1.54, 1.807) is 32.3 Å². The molecule has 0 aliphatic carbocycles. The number of hydrogen-bond donors (Lipinski definition) is 2. The van der Waals surface area contributed by atoms with Crippen molar-refractivity contribution in [3.63, 3.8) is 0 Å². The summed E-state index contributed by atoms with van der Waals surface area (Å²) >= 11 is 0. The highest BCUT2D eigenvalue weighted by Crippen LogP contribution is 2.40. The van der Waals surface area contributed by atoms with Crippen LogP contribution in [0.2, 0.25) is 0 Å². The fourth-order valence-electron chi connectivity index (χ4n) is 6.03. The molecule has 13 heteroatoms. The largest absolute Gasteiger partial charge is 0.481 e. The number of aromatic amines is 1. The van der Waals surface area contributed by atoms with Crippen LogP contribution in [0.4, 0.5) is 23.9 Å². The number of methoxy groups -OCH3 is 1. The number of halogens is 3. The van der Waals surface area contributed by atoms with Gasteiger partial charge in [-0.2, -0.15) is 13.2 Å². The van der Waals surface area contributed by atoms with E-state index in [0.717, 1.165) is 34.5 Å². The minimum atomic E-state index is -4.54. The highest BCUT2D eigenvalue weighted by molar-refractivity contribution is 5.79. The van der Waals surface area contributed by atoms with E-state index in [0.29, 0.717) is 47.3 Å². The number of amides is 1. The molecule has 45 heavy (non-hydrogen) atoms. The molecular weight excluding hydrogens is 589 g/mol. The predicted molar refractivity (Wildman–Crippen MR) is 160 cm³/mol. The molecular formula is C32H33F3N6O4. The molecule has 2 saturated heterocycles. The van der Waals surface area contributed by atoms with Crippen molar-refractivity contribution in [2.45, 2.75) is 58.7 Å². The lowest BCUT2D eigenvalue weighted by molar-refractivity contribution is -0.137. The molecule has 236 valence electrons. The first-order chi connectivity index (χ1) is 21.3. The second-order valence-corrected chi connectivity index (χ2v) is 11.6. The third-order valence-corrected chi connectivity index (χ3v) is 8.37. The summed E-state index contributed by atoms with van der Waals surface area (Å²) in [6.45, 7) is 7.99. The van der Waals surface area contributed by atoms with E-state index in [1.807, 2.05) is 31.0 Å². The van der Waals surface area contributed by atoms with E-state index in [4.69, 9.17) is 14.5 Å². The standard InChI is InChI=1S/C32H33F3N6O4/c1-16-6-20(8-22(7-16)32(33,34)35)28-19(4)41(31(43)45-28)15-26-25(12-38-30(39-26)40-13-23(42)14-40)24-9-21(11-37-29(24)44-5)27-17(2)10-36-18(27)3/h6-12,19,23,28,36,42H,13-15H2,1-5H3/t19-,28-/m0/s1. The number of aliphatic hydroxyl groups excluding tert-OH is 1. The van der Waals surface area contributed by atoms with Crippen molar-refractivity contribution in [1.82, 2.24) is 24.8 Å². The van der Waals surface area contributed by atoms with Gasteiger partial charge in [0, 0.05) is 59.6 Å². The van der Waals surface area contributed by atoms with E-state index in [9.17, 15) is 23.1 Å². The number of nitrogens with zero attached hydrogens (tertiary/aromatic N) is 5. The molecule has 2 aliphatic rings. The van der Waals surface area contributed by atoms with Gasteiger partial charge in [-0.3, -0.25) is 4.90 Å². The number of anilines is 1. The number of aromatic nitrogens is 4. The number of carbonyl (C=O) groups is 1. The second-order valence-electron chi connectivity index (χ2n) is 11.6. The van der Waals surface area contributed by atoms with Crippen molar-refractivity contribution < 1.29 is 32.5 Å². The van der Waals surface area contributed by atoms with Gasteiger partial charge in [-0.25, -0.2) is 19.7 Å². The highest BCUT2D eigenvalue weighted by atomic mass is 19.4. The summed E-state index contributed by atoms with van der Waals surface area (Å²) < 4.78 is 52.1. The minimum absolute atomic E-state index is 0.0225.